The molecule has 0 spiro atoms. The number of thiophene rings is 1. The highest BCUT2D eigenvalue weighted by Crippen LogP contribution is 2.45. The minimum absolute atomic E-state index is 0.00916. The summed E-state index contributed by atoms with van der Waals surface area (Å²) in [6, 6.07) is 6.21. The minimum atomic E-state index is -5.36. The van der Waals surface area contributed by atoms with E-state index < -0.39 is 30.2 Å². The molecule has 1 aliphatic rings. The zero-order valence-corrected chi connectivity index (χ0v) is 20.7. The zero-order valence-electron chi connectivity index (χ0n) is 19.1. The lowest BCUT2D eigenvalue weighted by Gasteiger charge is -2.26. The number of imidazole rings is 1. The number of nitrogens with two attached hydrogens (primary N) is 1. The second-order valence-corrected chi connectivity index (χ2v) is 9.95. The average Bonchev–Trinajstić information content (AvgIpc) is 3.57. The van der Waals surface area contributed by atoms with Gasteiger partial charge in [-0.25, -0.2) is 14.2 Å². The molecule has 0 aliphatic heterocycles. The minimum Gasteiger partial charge on any atom is -0.618 e. The van der Waals surface area contributed by atoms with Crippen LogP contribution in [0.5, 0.6) is 0 Å². The van der Waals surface area contributed by atoms with Crippen molar-refractivity contribution in [1.29, 1.82) is 0 Å². The fourth-order valence-electron chi connectivity index (χ4n) is 4.53. The van der Waals surface area contributed by atoms with Crippen LogP contribution in [0.4, 0.5) is 23.2 Å². The van der Waals surface area contributed by atoms with Crippen molar-refractivity contribution in [1.82, 2.24) is 9.97 Å². The summed E-state index contributed by atoms with van der Waals surface area (Å²) in [6.07, 6.45) is -3.24. The number of pyridine rings is 1. The Morgan fingerprint density at radius 3 is 2.79 bits per heavy atom. The maximum absolute atomic E-state index is 14.6. The Kier molecular flexibility index (Phi) is 6.32. The van der Waals surface area contributed by atoms with Gasteiger partial charge in [0.05, 0.1) is 17.2 Å². The Morgan fingerprint density at radius 2 is 2.11 bits per heavy atom. The van der Waals surface area contributed by atoms with Gasteiger partial charge in [0, 0.05) is 51.0 Å². The molecular weight excluding hydrogens is 552 g/mol. The fraction of sp³-hybridized carbons (Fsp3) is 0.208. The van der Waals surface area contributed by atoms with E-state index in [9.17, 15) is 32.7 Å². The standard InChI is InChI=1S/C24H17ClF4N4O4S/c25-13-1-2-16(30)14(6-13)12-5-11-3-4-23(20(11)33(36)8-12,37-22(35)24(27,28)29)21-31-7-17(32-21)15-10-38-18(9-34)19(15)26/h1-2,5-8,10,34H,3-4,9,30H2,(H,31,32). The van der Waals surface area contributed by atoms with Gasteiger partial charge < -0.3 is 25.8 Å². The van der Waals surface area contributed by atoms with Gasteiger partial charge in [-0.1, -0.05) is 11.6 Å². The number of aliphatic hydroxyl groups is 1. The third kappa shape index (κ3) is 4.25. The van der Waals surface area contributed by atoms with E-state index in [4.69, 9.17) is 22.1 Å². The number of alkyl halides is 3. The van der Waals surface area contributed by atoms with Gasteiger partial charge in [0.25, 0.3) is 5.60 Å². The number of benzene rings is 1. The first-order valence-corrected chi connectivity index (χ1v) is 12.3. The van der Waals surface area contributed by atoms with Crippen molar-refractivity contribution in [2.75, 3.05) is 5.73 Å². The zero-order chi connectivity index (χ0) is 27.4. The summed E-state index contributed by atoms with van der Waals surface area (Å²) in [5, 5.41) is 24.3. The molecule has 1 atom stereocenters. The molecule has 38 heavy (non-hydrogen) atoms. The lowest BCUT2D eigenvalue weighted by atomic mass is 9.98. The highest BCUT2D eigenvalue weighted by Gasteiger charge is 2.57. The SMILES string of the molecule is Nc1ccc(Cl)cc1-c1cc2c([n+]([O-])c1)C(OC(=O)C(F)(F)F)(c1nc(-c3csc(CO)c3F)c[nH]1)CC2. The number of rotatable bonds is 5. The highest BCUT2D eigenvalue weighted by atomic mass is 35.5. The number of fused-ring (bicyclic) bond motifs is 1. The summed E-state index contributed by atoms with van der Waals surface area (Å²) in [5.74, 6) is -3.55. The molecule has 0 saturated heterocycles. The number of halogens is 5. The molecule has 8 nitrogen and oxygen atoms in total. The van der Waals surface area contributed by atoms with Crippen molar-refractivity contribution < 1.29 is 36.9 Å². The van der Waals surface area contributed by atoms with Crippen LogP contribution in [0.3, 0.4) is 0 Å². The number of carbonyl (C=O) groups excluding carboxylic acids is 1. The largest absolute Gasteiger partial charge is 0.618 e. The van der Waals surface area contributed by atoms with E-state index in [0.29, 0.717) is 32.1 Å². The summed E-state index contributed by atoms with van der Waals surface area (Å²) in [7, 11) is 0. The number of aryl methyl sites for hydroxylation is 1. The van der Waals surface area contributed by atoms with Crippen LogP contribution in [-0.2, 0) is 28.2 Å². The molecular formula is C24H17ClF4N4O4S. The molecule has 3 aromatic heterocycles. The number of hydrogen-bond acceptors (Lipinski definition) is 7. The number of hydrogen-bond donors (Lipinski definition) is 3. The molecule has 198 valence electrons. The van der Waals surface area contributed by atoms with Gasteiger partial charge in [-0.15, -0.1) is 11.3 Å². The van der Waals surface area contributed by atoms with Gasteiger partial charge in [0.15, 0.2) is 12.0 Å². The van der Waals surface area contributed by atoms with E-state index >= 15 is 0 Å². The van der Waals surface area contributed by atoms with Crippen LogP contribution in [0.25, 0.3) is 22.4 Å². The van der Waals surface area contributed by atoms with E-state index in [1.54, 1.807) is 24.3 Å². The quantitative estimate of drug-likeness (QED) is 0.106. The Morgan fingerprint density at radius 1 is 1.34 bits per heavy atom. The van der Waals surface area contributed by atoms with Crippen LogP contribution in [-0.4, -0.2) is 27.2 Å². The molecule has 4 N–H and O–H groups in total. The smallest absolute Gasteiger partial charge is 0.490 e. The monoisotopic (exact) mass is 568 g/mol. The Bertz CT molecular complexity index is 1570. The Balaban J connectivity index is 1.66. The predicted molar refractivity (Wildman–Crippen MR) is 129 cm³/mol. The van der Waals surface area contributed by atoms with Gasteiger partial charge in [-0.3, -0.25) is 0 Å². The first-order chi connectivity index (χ1) is 17.9. The first-order valence-electron chi connectivity index (χ1n) is 11.0. The van der Waals surface area contributed by atoms with Gasteiger partial charge in [0.2, 0.25) is 5.69 Å². The Labute approximate surface area is 220 Å². The van der Waals surface area contributed by atoms with Crippen molar-refractivity contribution in [3.63, 3.8) is 0 Å². The number of anilines is 1. The van der Waals surface area contributed by atoms with Gasteiger partial charge in [-0.05, 0) is 30.7 Å². The van der Waals surface area contributed by atoms with E-state index in [-0.39, 0.29) is 40.5 Å². The number of aromatic amines is 1. The lowest BCUT2D eigenvalue weighted by Crippen LogP contribution is -2.46. The first kappa shape index (κ1) is 25.9. The highest BCUT2D eigenvalue weighted by molar-refractivity contribution is 7.10. The third-order valence-corrected chi connectivity index (χ3v) is 7.43. The summed E-state index contributed by atoms with van der Waals surface area (Å²) >= 11 is 7.00. The molecule has 1 aromatic carbocycles. The van der Waals surface area contributed by atoms with Crippen LogP contribution >= 0.6 is 22.9 Å². The molecule has 0 radical (unpaired) electrons. The fourth-order valence-corrected chi connectivity index (χ4v) is 5.48. The predicted octanol–water partition coefficient (Wildman–Crippen LogP) is 4.60. The number of esters is 1. The van der Waals surface area contributed by atoms with Gasteiger partial charge >= 0.3 is 12.1 Å². The van der Waals surface area contributed by atoms with Crippen molar-refractivity contribution >= 4 is 34.6 Å². The number of ether oxygens (including phenoxy) is 1. The third-order valence-electron chi connectivity index (χ3n) is 6.24. The summed E-state index contributed by atoms with van der Waals surface area (Å²) < 4.78 is 59.9. The van der Waals surface area contributed by atoms with Crippen LogP contribution in [0.2, 0.25) is 5.02 Å². The molecule has 14 heteroatoms. The number of aliphatic hydroxyl groups excluding tert-OH is 1. The number of H-pyrrole nitrogens is 1. The number of aromatic nitrogens is 3. The molecule has 0 bridgehead atoms. The number of nitrogen functional groups attached to an aromatic ring is 1. The van der Waals surface area contributed by atoms with Crippen molar-refractivity contribution in [3.8, 4) is 22.4 Å². The second-order valence-electron chi connectivity index (χ2n) is 8.55. The molecule has 4 aromatic rings. The molecule has 5 rings (SSSR count). The molecule has 1 unspecified atom stereocenters. The summed E-state index contributed by atoms with van der Waals surface area (Å²) in [6.45, 7) is -0.552. The van der Waals surface area contributed by atoms with Crippen molar-refractivity contribution in [3.05, 3.63) is 80.0 Å². The molecule has 0 fully saturated rings. The summed E-state index contributed by atoms with van der Waals surface area (Å²) in [5.41, 5.74) is 4.89. The van der Waals surface area contributed by atoms with Crippen molar-refractivity contribution in [2.45, 2.75) is 31.2 Å². The second kappa shape index (κ2) is 9.26. The molecule has 0 amide bonds. The number of nitrogens with one attached hydrogen (secondary N) is 1. The van der Waals surface area contributed by atoms with Crippen molar-refractivity contribution in [2.24, 2.45) is 0 Å². The lowest BCUT2D eigenvalue weighted by molar-refractivity contribution is -0.620. The summed E-state index contributed by atoms with van der Waals surface area (Å²) in [4.78, 5) is 19.0. The van der Waals surface area contributed by atoms with Crippen LogP contribution in [0.15, 0.2) is 42.0 Å². The average molecular weight is 569 g/mol. The normalized spacial score (nSPS) is 17.0. The number of carbonyl (C=O) groups is 1. The van der Waals surface area contributed by atoms with Gasteiger partial charge in [0.1, 0.15) is 5.82 Å². The van der Waals surface area contributed by atoms with Gasteiger partial charge in [-0.2, -0.15) is 17.9 Å². The van der Waals surface area contributed by atoms with E-state index in [1.165, 1.54) is 11.6 Å². The molecule has 0 saturated carbocycles. The van der Waals surface area contributed by atoms with E-state index in [0.717, 1.165) is 17.5 Å². The topological polar surface area (TPSA) is 128 Å². The molecule has 3 heterocycles. The van der Waals surface area contributed by atoms with Crippen LogP contribution in [0, 0.1) is 11.0 Å². The van der Waals surface area contributed by atoms with E-state index in [1.807, 2.05) is 0 Å². The van der Waals surface area contributed by atoms with Crippen LogP contribution < -0.4 is 10.5 Å². The Hall–Kier alpha value is -3.68. The van der Waals surface area contributed by atoms with Crippen LogP contribution in [0.1, 0.15) is 28.4 Å². The maximum atomic E-state index is 14.6. The number of nitrogens with zero attached hydrogens (tertiary/aromatic N) is 2. The maximum Gasteiger partial charge on any atom is 0.490 e. The van der Waals surface area contributed by atoms with E-state index in [2.05, 4.69) is 9.97 Å². The molecule has 1 aliphatic carbocycles.